The van der Waals surface area contributed by atoms with Crippen LogP contribution in [0.1, 0.15) is 42.0 Å². The van der Waals surface area contributed by atoms with Crippen molar-refractivity contribution in [1.29, 1.82) is 0 Å². The van der Waals surface area contributed by atoms with Crippen LogP contribution in [0.2, 0.25) is 0 Å². The van der Waals surface area contributed by atoms with Crippen molar-refractivity contribution in [3.8, 4) is 5.75 Å². The number of anilines is 2. The van der Waals surface area contributed by atoms with Crippen LogP contribution in [0.4, 0.5) is 11.4 Å². The van der Waals surface area contributed by atoms with E-state index in [0.29, 0.717) is 11.6 Å². The van der Waals surface area contributed by atoms with Gasteiger partial charge in [0.2, 0.25) is 0 Å². The maximum Gasteiger partial charge on any atom is 0.255 e. The molecule has 0 aliphatic carbocycles. The summed E-state index contributed by atoms with van der Waals surface area (Å²) < 4.78 is 5.15. The molecule has 0 radical (unpaired) electrons. The summed E-state index contributed by atoms with van der Waals surface area (Å²) in [6, 6.07) is 23.9. The summed E-state index contributed by atoms with van der Waals surface area (Å²) in [7, 11) is 1.61. The molecular weight excluding hydrogens is 438 g/mol. The van der Waals surface area contributed by atoms with Crippen LogP contribution in [-0.4, -0.2) is 42.1 Å². The number of para-hydroxylation sites is 2. The Balaban J connectivity index is 1.12. The molecule has 1 aromatic heterocycles. The second kappa shape index (κ2) is 10.2. The Morgan fingerprint density at radius 2 is 1.74 bits per heavy atom. The summed E-state index contributed by atoms with van der Waals surface area (Å²) in [4.78, 5) is 23.1. The number of hydrogen-bond acceptors (Lipinski definition) is 5. The van der Waals surface area contributed by atoms with E-state index in [-0.39, 0.29) is 11.9 Å². The monoisotopic (exact) mass is 469 g/mol. The highest BCUT2D eigenvalue weighted by molar-refractivity contribution is 6.04. The van der Waals surface area contributed by atoms with Crippen LogP contribution in [0.15, 0.2) is 72.8 Å². The molecule has 1 aliphatic heterocycles. The number of nitrogens with one attached hydrogen (secondary N) is 3. The number of H-pyrrole nitrogens is 1. The third-order valence-electron chi connectivity index (χ3n) is 6.64. The molecule has 3 aromatic carbocycles. The van der Waals surface area contributed by atoms with Gasteiger partial charge in [-0.25, -0.2) is 4.98 Å². The van der Waals surface area contributed by atoms with E-state index in [2.05, 4.69) is 45.6 Å². The van der Waals surface area contributed by atoms with Crippen molar-refractivity contribution in [1.82, 2.24) is 15.3 Å². The first kappa shape index (κ1) is 22.9. The number of carbonyl (C=O) groups excluding carboxylic acids is 1. The van der Waals surface area contributed by atoms with Crippen LogP contribution < -0.4 is 20.3 Å². The van der Waals surface area contributed by atoms with Gasteiger partial charge in [-0.15, -0.1) is 0 Å². The number of aromatic amines is 1. The van der Waals surface area contributed by atoms with E-state index in [9.17, 15) is 4.79 Å². The van der Waals surface area contributed by atoms with Gasteiger partial charge in [-0.1, -0.05) is 12.1 Å². The minimum atomic E-state index is -0.133. The zero-order valence-corrected chi connectivity index (χ0v) is 20.1. The maximum atomic E-state index is 12.5. The third kappa shape index (κ3) is 5.30. The van der Waals surface area contributed by atoms with Crippen molar-refractivity contribution < 1.29 is 9.53 Å². The van der Waals surface area contributed by atoms with Gasteiger partial charge in [0.1, 0.15) is 11.6 Å². The minimum absolute atomic E-state index is 0.133. The molecule has 0 spiro atoms. The van der Waals surface area contributed by atoms with Crippen LogP contribution in [0.5, 0.6) is 5.75 Å². The molecule has 1 aliphatic rings. The van der Waals surface area contributed by atoms with E-state index in [4.69, 9.17) is 9.72 Å². The Kier molecular flexibility index (Phi) is 6.68. The lowest BCUT2D eigenvalue weighted by molar-refractivity contribution is 0.102. The van der Waals surface area contributed by atoms with E-state index in [1.165, 1.54) is 5.69 Å². The van der Waals surface area contributed by atoms with Crippen LogP contribution in [0.25, 0.3) is 11.0 Å². The fourth-order valence-corrected chi connectivity index (χ4v) is 4.62. The number of piperidine rings is 1. The molecule has 1 amide bonds. The molecule has 2 heterocycles. The number of rotatable bonds is 7. The van der Waals surface area contributed by atoms with Crippen LogP contribution in [0, 0.1) is 0 Å². The van der Waals surface area contributed by atoms with Gasteiger partial charge in [0.05, 0.1) is 24.2 Å². The quantitative estimate of drug-likeness (QED) is 0.349. The predicted molar refractivity (Wildman–Crippen MR) is 140 cm³/mol. The van der Waals surface area contributed by atoms with Crippen molar-refractivity contribution in [2.75, 3.05) is 30.4 Å². The van der Waals surface area contributed by atoms with Gasteiger partial charge < -0.3 is 25.3 Å². The Morgan fingerprint density at radius 1 is 1.03 bits per heavy atom. The van der Waals surface area contributed by atoms with E-state index in [0.717, 1.165) is 54.2 Å². The Morgan fingerprint density at radius 3 is 2.43 bits per heavy atom. The average Bonchev–Trinajstić information content (AvgIpc) is 3.34. The number of methoxy groups -OCH3 is 1. The van der Waals surface area contributed by atoms with E-state index < -0.39 is 0 Å². The van der Waals surface area contributed by atoms with Gasteiger partial charge in [-0.2, -0.15) is 0 Å². The number of imidazole rings is 1. The molecule has 4 aromatic rings. The second-order valence-corrected chi connectivity index (χ2v) is 9.02. The summed E-state index contributed by atoms with van der Waals surface area (Å²) in [6.45, 7) is 4.15. The first-order chi connectivity index (χ1) is 17.1. The molecule has 0 saturated carbocycles. The Hall–Kier alpha value is -3.84. The van der Waals surface area contributed by atoms with Crippen LogP contribution >= 0.6 is 0 Å². The number of carbonyl (C=O) groups is 1. The summed E-state index contributed by atoms with van der Waals surface area (Å²) in [5, 5.41) is 6.71. The molecule has 180 valence electrons. The summed E-state index contributed by atoms with van der Waals surface area (Å²) in [5.74, 6) is 1.58. The smallest absolute Gasteiger partial charge is 0.255 e. The molecule has 35 heavy (non-hydrogen) atoms. The van der Waals surface area contributed by atoms with Crippen molar-refractivity contribution in [2.24, 2.45) is 0 Å². The van der Waals surface area contributed by atoms with Gasteiger partial charge in [-0.05, 0) is 80.4 Å². The van der Waals surface area contributed by atoms with Gasteiger partial charge in [0, 0.05) is 36.1 Å². The molecule has 7 heteroatoms. The first-order valence-corrected chi connectivity index (χ1v) is 12.1. The zero-order valence-electron chi connectivity index (χ0n) is 20.1. The Bertz CT molecular complexity index is 1240. The highest BCUT2D eigenvalue weighted by Gasteiger charge is 2.22. The van der Waals surface area contributed by atoms with Crippen molar-refractivity contribution in [3.05, 3.63) is 84.2 Å². The van der Waals surface area contributed by atoms with Crippen molar-refractivity contribution >= 4 is 28.3 Å². The number of fused-ring (bicyclic) bond motifs is 1. The fourth-order valence-electron chi connectivity index (χ4n) is 4.62. The number of ether oxygens (including phenoxy) is 1. The molecule has 0 bridgehead atoms. The highest BCUT2D eigenvalue weighted by Crippen LogP contribution is 2.24. The number of amides is 1. The SMILES string of the molecule is COc1ccc(C(=O)Nc2ccc(N3CCC(NC(C)c4nc5ccccc5[nH]4)CC3)cc2)cc1. The second-order valence-electron chi connectivity index (χ2n) is 9.02. The van der Waals surface area contributed by atoms with Gasteiger partial charge in [0.25, 0.3) is 5.91 Å². The molecule has 1 atom stereocenters. The molecule has 7 nitrogen and oxygen atoms in total. The van der Waals surface area contributed by atoms with Crippen LogP contribution in [-0.2, 0) is 0 Å². The lowest BCUT2D eigenvalue weighted by Gasteiger charge is -2.35. The van der Waals surface area contributed by atoms with Gasteiger partial charge >= 0.3 is 0 Å². The Labute approximate surface area is 205 Å². The van der Waals surface area contributed by atoms with Crippen molar-refractivity contribution in [2.45, 2.75) is 31.8 Å². The molecule has 3 N–H and O–H groups in total. The number of nitrogens with zero attached hydrogens (tertiary/aromatic N) is 2. The molecule has 1 fully saturated rings. The van der Waals surface area contributed by atoms with E-state index in [1.807, 2.05) is 30.3 Å². The van der Waals surface area contributed by atoms with Crippen LogP contribution in [0.3, 0.4) is 0 Å². The number of aromatic nitrogens is 2. The van der Waals surface area contributed by atoms with E-state index in [1.54, 1.807) is 31.4 Å². The maximum absolute atomic E-state index is 12.5. The first-order valence-electron chi connectivity index (χ1n) is 12.1. The summed E-state index contributed by atoms with van der Waals surface area (Å²) in [6.07, 6.45) is 2.14. The fraction of sp³-hybridized carbons (Fsp3) is 0.286. The lowest BCUT2D eigenvalue weighted by atomic mass is 10.0. The largest absolute Gasteiger partial charge is 0.497 e. The predicted octanol–water partition coefficient (Wildman–Crippen LogP) is 5.14. The highest BCUT2D eigenvalue weighted by atomic mass is 16.5. The molecule has 1 unspecified atom stereocenters. The third-order valence-corrected chi connectivity index (χ3v) is 6.64. The number of hydrogen-bond donors (Lipinski definition) is 3. The standard InChI is InChI=1S/C28H31N5O2/c1-19(27-31-25-5-3-4-6-26(25)32-27)29-22-15-17-33(18-16-22)23-11-9-21(10-12-23)30-28(34)20-7-13-24(35-2)14-8-20/h3-14,19,22,29H,15-18H2,1-2H3,(H,30,34)(H,31,32). The topological polar surface area (TPSA) is 82.3 Å². The molecule has 5 rings (SSSR count). The summed E-state index contributed by atoms with van der Waals surface area (Å²) >= 11 is 0. The number of benzene rings is 3. The summed E-state index contributed by atoms with van der Waals surface area (Å²) in [5.41, 5.74) is 4.65. The van der Waals surface area contributed by atoms with Gasteiger partial charge in [0.15, 0.2) is 0 Å². The molecule has 1 saturated heterocycles. The average molecular weight is 470 g/mol. The lowest BCUT2D eigenvalue weighted by Crippen LogP contribution is -2.43. The van der Waals surface area contributed by atoms with Crippen molar-refractivity contribution in [3.63, 3.8) is 0 Å². The van der Waals surface area contributed by atoms with Gasteiger partial charge in [-0.3, -0.25) is 4.79 Å². The van der Waals surface area contributed by atoms with E-state index >= 15 is 0 Å². The zero-order chi connectivity index (χ0) is 24.2. The normalized spacial score (nSPS) is 15.2. The molecular formula is C28H31N5O2. The minimum Gasteiger partial charge on any atom is -0.497 e.